The van der Waals surface area contributed by atoms with Gasteiger partial charge in [-0.2, -0.15) is 0 Å². The Labute approximate surface area is 128 Å². The van der Waals surface area contributed by atoms with Crippen LogP contribution in [-0.4, -0.2) is 4.98 Å². The van der Waals surface area contributed by atoms with Crippen LogP contribution >= 0.6 is 31.9 Å². The van der Waals surface area contributed by atoms with Crippen LogP contribution in [0.2, 0.25) is 0 Å². The first-order chi connectivity index (χ1) is 8.58. The van der Waals surface area contributed by atoms with Gasteiger partial charge in [0.1, 0.15) is 12.4 Å². The van der Waals surface area contributed by atoms with Gasteiger partial charge in [0.05, 0.1) is 0 Å². The molecule has 0 aliphatic rings. The van der Waals surface area contributed by atoms with E-state index in [9.17, 15) is 0 Å². The summed E-state index contributed by atoms with van der Waals surface area (Å²) in [6.07, 6.45) is 14.6. The number of H-pyrrole nitrogens is 1. The lowest BCUT2D eigenvalue weighted by atomic mass is 10.1. The van der Waals surface area contributed by atoms with Crippen molar-refractivity contribution in [2.24, 2.45) is 0 Å². The van der Waals surface area contributed by atoms with Gasteiger partial charge in [-0.15, -0.1) is 0 Å². The van der Waals surface area contributed by atoms with Crippen LogP contribution < -0.4 is 4.57 Å². The topological polar surface area (TPSA) is 19.7 Å². The third-order valence-corrected chi connectivity index (χ3v) is 4.87. The maximum atomic E-state index is 3.77. The molecule has 0 aliphatic heterocycles. The lowest BCUT2D eigenvalue weighted by molar-refractivity contribution is -0.714. The second-order valence-corrected chi connectivity index (χ2v) is 8.64. The molecule has 0 bridgehead atoms. The van der Waals surface area contributed by atoms with Gasteiger partial charge in [-0.1, -0.05) is 45.4 Å². The number of nitrogens with zero attached hydrogens (tertiary/aromatic N) is 1. The summed E-state index contributed by atoms with van der Waals surface area (Å²) < 4.78 is 2.07. The minimum absolute atomic E-state index is 0.131. The van der Waals surface area contributed by atoms with E-state index in [1.807, 2.05) is 6.20 Å². The van der Waals surface area contributed by atoms with Crippen molar-refractivity contribution in [3.63, 3.8) is 0 Å². The number of nitrogens with one attached hydrogen (secondary N) is 1. The maximum Gasteiger partial charge on any atom is 0.252 e. The molecule has 0 aliphatic carbocycles. The maximum absolute atomic E-state index is 3.77. The summed E-state index contributed by atoms with van der Waals surface area (Å²) in [6.45, 7) is 4.35. The van der Waals surface area contributed by atoms with Crippen molar-refractivity contribution >= 4 is 31.9 Å². The lowest BCUT2D eigenvalue weighted by Gasteiger charge is -2.17. The smallest absolute Gasteiger partial charge is 0.248 e. The molecule has 1 aromatic heterocycles. The van der Waals surface area contributed by atoms with E-state index in [0.717, 1.165) is 12.2 Å². The number of aromatic nitrogens is 2. The molecule has 1 N–H and O–H groups in total. The van der Waals surface area contributed by atoms with Crippen molar-refractivity contribution in [3.8, 4) is 0 Å². The number of rotatable bonds is 9. The van der Waals surface area contributed by atoms with E-state index in [2.05, 4.69) is 61.5 Å². The second kappa shape index (κ2) is 8.36. The van der Waals surface area contributed by atoms with Crippen LogP contribution in [0.3, 0.4) is 0 Å². The minimum Gasteiger partial charge on any atom is -0.248 e. The SMILES string of the molecule is CCCCCCCCCC(Br)(Br)[n+]1cc[nH]c1C. The van der Waals surface area contributed by atoms with Gasteiger partial charge in [-0.3, -0.25) is 0 Å². The van der Waals surface area contributed by atoms with Crippen molar-refractivity contribution < 1.29 is 4.57 Å². The van der Waals surface area contributed by atoms with Crippen LogP contribution in [0.25, 0.3) is 0 Å². The number of aryl methyl sites for hydroxylation is 1. The number of unbranched alkanes of at least 4 members (excludes halogenated alkanes) is 6. The predicted molar refractivity (Wildman–Crippen MR) is 84.2 cm³/mol. The van der Waals surface area contributed by atoms with Crippen LogP contribution in [-0.2, 0) is 3.36 Å². The zero-order chi connectivity index (χ0) is 13.4. The monoisotopic (exact) mass is 379 g/mol. The average molecular weight is 381 g/mol. The minimum atomic E-state index is -0.131. The van der Waals surface area contributed by atoms with Crippen molar-refractivity contribution in [1.29, 1.82) is 0 Å². The standard InChI is InChI=1S/C14H24Br2N2/c1-3-4-5-6-7-8-9-10-14(15,16)18-12-11-17-13(18)2/h11-12H,3-10H2,1-2H3/p+1. The van der Waals surface area contributed by atoms with E-state index in [1.54, 1.807) is 0 Å². The second-order valence-electron chi connectivity index (χ2n) is 4.95. The van der Waals surface area contributed by atoms with E-state index in [-0.39, 0.29) is 3.36 Å². The highest BCUT2D eigenvalue weighted by atomic mass is 79.9. The average Bonchev–Trinajstić information content (AvgIpc) is 2.75. The lowest BCUT2D eigenvalue weighted by Crippen LogP contribution is -2.48. The molecule has 0 atom stereocenters. The molecule has 0 unspecified atom stereocenters. The van der Waals surface area contributed by atoms with Crippen molar-refractivity contribution in [3.05, 3.63) is 18.2 Å². The first kappa shape index (κ1) is 16.2. The van der Waals surface area contributed by atoms with Crippen LogP contribution in [0, 0.1) is 6.92 Å². The summed E-state index contributed by atoms with van der Waals surface area (Å²) in [7, 11) is 0. The summed E-state index contributed by atoms with van der Waals surface area (Å²) in [5.74, 6) is 1.16. The molecule has 0 amide bonds. The molecule has 1 heterocycles. The Morgan fingerprint density at radius 2 is 1.72 bits per heavy atom. The molecule has 104 valence electrons. The third kappa shape index (κ3) is 5.43. The van der Waals surface area contributed by atoms with Gasteiger partial charge in [0.15, 0.2) is 0 Å². The van der Waals surface area contributed by atoms with E-state index < -0.39 is 0 Å². The van der Waals surface area contributed by atoms with Crippen LogP contribution in [0.1, 0.15) is 64.1 Å². The molecule has 0 aromatic carbocycles. The number of hydrogen-bond donors (Lipinski definition) is 1. The largest absolute Gasteiger partial charge is 0.252 e. The quantitative estimate of drug-likeness (QED) is 0.347. The Morgan fingerprint density at radius 3 is 2.28 bits per heavy atom. The van der Waals surface area contributed by atoms with Gasteiger partial charge in [0.25, 0.3) is 5.82 Å². The van der Waals surface area contributed by atoms with Gasteiger partial charge in [-0.05, 0) is 38.3 Å². The number of hydrogen-bond acceptors (Lipinski definition) is 0. The first-order valence-electron chi connectivity index (χ1n) is 7.02. The Bertz CT molecular complexity index is 334. The van der Waals surface area contributed by atoms with Gasteiger partial charge >= 0.3 is 0 Å². The van der Waals surface area contributed by atoms with Gasteiger partial charge in [-0.25, -0.2) is 9.55 Å². The molecule has 0 spiro atoms. The number of imidazole rings is 1. The molecular weight excluding hydrogens is 356 g/mol. The fourth-order valence-electron chi connectivity index (χ4n) is 2.18. The summed E-state index contributed by atoms with van der Waals surface area (Å²) in [5.41, 5.74) is 0. The van der Waals surface area contributed by atoms with E-state index >= 15 is 0 Å². The van der Waals surface area contributed by atoms with Crippen LogP contribution in [0.15, 0.2) is 12.4 Å². The molecule has 2 nitrogen and oxygen atoms in total. The fraction of sp³-hybridized carbons (Fsp3) is 0.786. The summed E-state index contributed by atoms with van der Waals surface area (Å²) in [4.78, 5) is 3.20. The van der Waals surface area contributed by atoms with E-state index in [4.69, 9.17) is 0 Å². The summed E-state index contributed by atoms with van der Waals surface area (Å²) in [5, 5.41) is 0. The highest BCUT2D eigenvalue weighted by Gasteiger charge is 2.31. The molecule has 1 aromatic rings. The number of alkyl halides is 2. The van der Waals surface area contributed by atoms with Crippen LogP contribution in [0.5, 0.6) is 0 Å². The molecular formula is C14H25Br2N2+. The number of halogens is 2. The Balaban J connectivity index is 2.20. The zero-order valence-corrected chi connectivity index (χ0v) is 14.7. The highest BCUT2D eigenvalue weighted by Crippen LogP contribution is 2.32. The fourth-order valence-corrected chi connectivity index (χ4v) is 3.51. The molecule has 4 heteroatoms. The molecule has 1 rings (SSSR count). The summed E-state index contributed by atoms with van der Waals surface area (Å²) in [6, 6.07) is 0. The molecule has 0 radical (unpaired) electrons. The van der Waals surface area contributed by atoms with Crippen molar-refractivity contribution in [1.82, 2.24) is 4.98 Å². The van der Waals surface area contributed by atoms with Gasteiger partial charge in [0.2, 0.25) is 3.36 Å². The Kier molecular flexibility index (Phi) is 7.54. The van der Waals surface area contributed by atoms with E-state index in [1.165, 1.54) is 44.9 Å². The Morgan fingerprint density at radius 1 is 1.11 bits per heavy atom. The molecule has 0 saturated heterocycles. The molecule has 0 saturated carbocycles. The van der Waals surface area contributed by atoms with Crippen molar-refractivity contribution in [2.45, 2.75) is 68.6 Å². The first-order valence-corrected chi connectivity index (χ1v) is 8.60. The summed E-state index contributed by atoms with van der Waals surface area (Å²) >= 11 is 7.55. The van der Waals surface area contributed by atoms with Crippen LogP contribution in [0.4, 0.5) is 0 Å². The third-order valence-electron chi connectivity index (χ3n) is 3.31. The predicted octanol–water partition coefficient (Wildman–Crippen LogP) is 5.15. The number of aromatic amines is 1. The van der Waals surface area contributed by atoms with E-state index in [0.29, 0.717) is 0 Å². The molecule has 18 heavy (non-hydrogen) atoms. The van der Waals surface area contributed by atoms with Crippen molar-refractivity contribution in [2.75, 3.05) is 0 Å². The highest BCUT2D eigenvalue weighted by molar-refractivity contribution is 9.24. The molecule has 0 fully saturated rings. The normalized spacial score (nSPS) is 12.0. The van der Waals surface area contributed by atoms with Gasteiger partial charge < -0.3 is 0 Å². The van der Waals surface area contributed by atoms with Gasteiger partial charge in [0, 0.05) is 13.3 Å². The zero-order valence-electron chi connectivity index (χ0n) is 11.5. The Hall–Kier alpha value is 0.170.